The number of esters is 1. The molecule has 7 nitrogen and oxygen atoms in total. The fourth-order valence-corrected chi connectivity index (χ4v) is 3.84. The molecule has 0 bridgehead atoms. The lowest BCUT2D eigenvalue weighted by atomic mass is 10.0. The van der Waals surface area contributed by atoms with Gasteiger partial charge in [-0.15, -0.1) is 0 Å². The van der Waals surface area contributed by atoms with Crippen LogP contribution in [0.4, 0.5) is 0 Å². The number of rotatable bonds is 8. The van der Waals surface area contributed by atoms with Crippen LogP contribution in [-0.4, -0.2) is 38.5 Å². The Bertz CT molecular complexity index is 753. The van der Waals surface area contributed by atoms with Crippen LogP contribution in [0.15, 0.2) is 22.8 Å². The highest BCUT2D eigenvalue weighted by Crippen LogP contribution is 2.38. The molecule has 0 aromatic carbocycles. The first-order valence-electron chi connectivity index (χ1n) is 9.32. The van der Waals surface area contributed by atoms with E-state index in [0.717, 1.165) is 6.42 Å². The van der Waals surface area contributed by atoms with Gasteiger partial charge >= 0.3 is 5.97 Å². The van der Waals surface area contributed by atoms with Crippen LogP contribution in [0, 0.1) is 11.8 Å². The zero-order valence-electron chi connectivity index (χ0n) is 16.8. The largest absolute Gasteiger partial charge is 0.464 e. The second-order valence-electron chi connectivity index (χ2n) is 7.92. The van der Waals surface area contributed by atoms with Crippen molar-refractivity contribution in [2.45, 2.75) is 57.9 Å². The number of pyridine rings is 1. The first-order valence-corrected chi connectivity index (χ1v) is 11.3. The van der Waals surface area contributed by atoms with Gasteiger partial charge in [-0.1, -0.05) is 13.0 Å². The molecule has 1 amide bonds. The summed E-state index contributed by atoms with van der Waals surface area (Å²) in [7, 11) is -1.50. The summed E-state index contributed by atoms with van der Waals surface area (Å²) in [6, 6.07) is 3.39. The Morgan fingerprint density at radius 2 is 2.04 bits per heavy atom. The van der Waals surface area contributed by atoms with Gasteiger partial charge in [0.2, 0.25) is 5.91 Å². The third-order valence-corrected chi connectivity index (χ3v) is 6.49. The summed E-state index contributed by atoms with van der Waals surface area (Å²) in [6.07, 6.45) is 0.794. The molecule has 1 fully saturated rings. The third-order valence-electron chi connectivity index (χ3n) is 4.46. The highest BCUT2D eigenvalue weighted by atomic mass is 79.9. The number of halogens is 1. The second-order valence-corrected chi connectivity index (χ2v) is 10.7. The average molecular weight is 474 g/mol. The first-order chi connectivity index (χ1) is 13.0. The molecular weight excluding hydrogens is 446 g/mol. The number of hydrogen-bond acceptors (Lipinski definition) is 5. The van der Waals surface area contributed by atoms with Crippen molar-refractivity contribution in [3.8, 4) is 0 Å². The Morgan fingerprint density at radius 3 is 2.54 bits per heavy atom. The van der Waals surface area contributed by atoms with Gasteiger partial charge in [0.05, 0.1) is 34.1 Å². The molecule has 2 N–H and O–H groups in total. The highest BCUT2D eigenvalue weighted by Gasteiger charge is 2.43. The number of carbonyl (C=O) groups is 2. The minimum absolute atomic E-state index is 0.110. The summed E-state index contributed by atoms with van der Waals surface area (Å²) < 4.78 is 21.0. The number of nitrogens with zero attached hydrogens (tertiary/aromatic N) is 1. The number of hydrogen-bond donors (Lipinski definition) is 2. The predicted molar refractivity (Wildman–Crippen MR) is 112 cm³/mol. The molecule has 156 valence electrons. The lowest BCUT2D eigenvalue weighted by Gasteiger charge is -2.29. The summed E-state index contributed by atoms with van der Waals surface area (Å²) >= 11 is 3.33. The Hall–Kier alpha value is -1.32. The number of ether oxygens (including phenoxy) is 1. The average Bonchev–Trinajstić information content (AvgIpc) is 3.33. The normalized spacial score (nSPS) is 22.1. The molecule has 1 saturated carbocycles. The fourth-order valence-electron chi connectivity index (χ4n) is 2.65. The quantitative estimate of drug-likeness (QED) is 0.446. The van der Waals surface area contributed by atoms with Gasteiger partial charge in [-0.25, -0.2) is 18.7 Å². The lowest BCUT2D eigenvalue weighted by molar-refractivity contribution is -0.148. The maximum atomic E-state index is 12.8. The molecule has 28 heavy (non-hydrogen) atoms. The lowest BCUT2D eigenvalue weighted by Crippen LogP contribution is -2.52. The van der Waals surface area contributed by atoms with E-state index in [-0.39, 0.29) is 18.4 Å². The topological polar surface area (TPSA) is 97.4 Å². The second kappa shape index (κ2) is 9.45. The van der Waals surface area contributed by atoms with Crippen LogP contribution >= 0.6 is 15.9 Å². The first kappa shape index (κ1) is 23.0. The molecule has 0 unspecified atom stereocenters. The molecule has 1 aromatic rings. The highest BCUT2D eigenvalue weighted by molar-refractivity contribution is 9.10. The summed E-state index contributed by atoms with van der Waals surface area (Å²) in [5.41, 5.74) is 0.481. The molecule has 0 radical (unpaired) electrons. The standard InChI is InChI=1S/C19H28BrN3O4S/c1-6-27-18(25)16(22-17(24)12-10-11(12)2)15(23-28(26)19(3,4)5)13-8-7-9-14(20)21-13/h7-9,11-12,15-16,23H,6,10H2,1-5H3,(H,22,24)/t11-,12-,15+,16-,28-/m0/s1. The van der Waals surface area contributed by atoms with Crippen molar-refractivity contribution >= 4 is 38.8 Å². The Balaban J connectivity index is 2.39. The summed E-state index contributed by atoms with van der Waals surface area (Å²) in [4.78, 5) is 29.7. The number of carbonyl (C=O) groups excluding carboxylic acids is 2. The van der Waals surface area contributed by atoms with E-state index in [2.05, 4.69) is 31.0 Å². The van der Waals surface area contributed by atoms with Crippen molar-refractivity contribution < 1.29 is 18.5 Å². The smallest absolute Gasteiger partial charge is 0.330 e. The zero-order valence-corrected chi connectivity index (χ0v) is 19.2. The SMILES string of the molecule is CCOC(=O)[C@@H](NC(=O)[C@H]1C[C@@H]1C)[C@H](N[S@@](=O)C(C)(C)C)c1cccc(Br)n1. The Kier molecular flexibility index (Phi) is 7.75. The summed E-state index contributed by atoms with van der Waals surface area (Å²) in [5.74, 6) is -0.605. The molecule has 1 aromatic heterocycles. The third kappa shape index (κ3) is 6.09. The Labute approximate surface area is 177 Å². The van der Waals surface area contributed by atoms with Gasteiger partial charge in [-0.3, -0.25) is 4.79 Å². The molecular formula is C19H28BrN3O4S. The maximum Gasteiger partial charge on any atom is 0.330 e. The van der Waals surface area contributed by atoms with Crippen molar-refractivity contribution in [2.75, 3.05) is 6.61 Å². The van der Waals surface area contributed by atoms with E-state index in [9.17, 15) is 13.8 Å². The van der Waals surface area contributed by atoms with Crippen LogP contribution in [0.2, 0.25) is 0 Å². The van der Waals surface area contributed by atoms with Gasteiger partial charge in [-0.2, -0.15) is 0 Å². The molecule has 0 spiro atoms. The zero-order chi connectivity index (χ0) is 21.1. The predicted octanol–water partition coefficient (Wildman–Crippen LogP) is 2.64. The molecule has 0 saturated heterocycles. The van der Waals surface area contributed by atoms with Crippen LogP contribution in [-0.2, 0) is 25.3 Å². The van der Waals surface area contributed by atoms with E-state index in [1.54, 1.807) is 25.1 Å². The molecule has 1 heterocycles. The van der Waals surface area contributed by atoms with Crippen LogP contribution < -0.4 is 10.0 Å². The maximum absolute atomic E-state index is 12.8. The molecule has 9 heteroatoms. The van der Waals surface area contributed by atoms with E-state index in [4.69, 9.17) is 4.74 Å². The van der Waals surface area contributed by atoms with E-state index >= 15 is 0 Å². The van der Waals surface area contributed by atoms with Gasteiger partial charge in [0.15, 0.2) is 0 Å². The van der Waals surface area contributed by atoms with Crippen molar-refractivity contribution in [2.24, 2.45) is 11.8 Å². The van der Waals surface area contributed by atoms with E-state index < -0.39 is 33.8 Å². The van der Waals surface area contributed by atoms with Crippen molar-refractivity contribution in [3.05, 3.63) is 28.5 Å². The van der Waals surface area contributed by atoms with Gasteiger partial charge in [0.1, 0.15) is 10.6 Å². The van der Waals surface area contributed by atoms with Crippen molar-refractivity contribution in [3.63, 3.8) is 0 Å². The molecule has 1 aliphatic carbocycles. The van der Waals surface area contributed by atoms with Crippen LogP contribution in [0.25, 0.3) is 0 Å². The number of aromatic nitrogens is 1. The number of amides is 1. The Morgan fingerprint density at radius 1 is 1.39 bits per heavy atom. The van der Waals surface area contributed by atoms with E-state index in [0.29, 0.717) is 16.2 Å². The van der Waals surface area contributed by atoms with E-state index in [1.165, 1.54) is 0 Å². The van der Waals surface area contributed by atoms with Crippen LogP contribution in [0.5, 0.6) is 0 Å². The van der Waals surface area contributed by atoms with Crippen molar-refractivity contribution in [1.29, 1.82) is 0 Å². The minimum Gasteiger partial charge on any atom is -0.464 e. The van der Waals surface area contributed by atoms with E-state index in [1.807, 2.05) is 27.7 Å². The summed E-state index contributed by atoms with van der Waals surface area (Å²) in [5, 5.41) is 2.80. The minimum atomic E-state index is -1.50. The van der Waals surface area contributed by atoms with Gasteiger partial charge in [0, 0.05) is 5.92 Å². The van der Waals surface area contributed by atoms with Crippen LogP contribution in [0.1, 0.15) is 52.8 Å². The molecule has 2 rings (SSSR count). The fraction of sp³-hybridized carbons (Fsp3) is 0.632. The molecule has 5 atom stereocenters. The molecule has 1 aliphatic rings. The summed E-state index contributed by atoms with van der Waals surface area (Å²) in [6.45, 7) is 9.34. The van der Waals surface area contributed by atoms with Gasteiger partial charge in [-0.05, 0) is 68.1 Å². The number of nitrogens with one attached hydrogen (secondary N) is 2. The monoisotopic (exact) mass is 473 g/mol. The van der Waals surface area contributed by atoms with Gasteiger partial charge in [0.25, 0.3) is 0 Å². The van der Waals surface area contributed by atoms with Crippen LogP contribution in [0.3, 0.4) is 0 Å². The van der Waals surface area contributed by atoms with Crippen molar-refractivity contribution in [1.82, 2.24) is 15.0 Å². The molecule has 0 aliphatic heterocycles. The van der Waals surface area contributed by atoms with Gasteiger partial charge < -0.3 is 10.1 Å².